The van der Waals surface area contributed by atoms with Crippen LogP contribution in [0.5, 0.6) is 0 Å². The fraction of sp³-hybridized carbons (Fsp3) is 0.120. The number of ether oxygens (including phenoxy) is 1. The smallest absolute Gasteiger partial charge is 0.258 e. The Bertz CT molecular complexity index is 1260. The Labute approximate surface area is 180 Å². The Morgan fingerprint density at radius 3 is 2.55 bits per heavy atom. The molecule has 4 rings (SSSR count). The lowest BCUT2D eigenvalue weighted by molar-refractivity contribution is 0.185. The van der Waals surface area contributed by atoms with E-state index in [1.165, 1.54) is 6.07 Å². The molecule has 0 saturated carbocycles. The maximum absolute atomic E-state index is 14.2. The third kappa shape index (κ3) is 4.11. The molecule has 0 aliphatic carbocycles. The first kappa shape index (κ1) is 20.5. The van der Waals surface area contributed by atoms with Crippen LogP contribution in [0.1, 0.15) is 16.7 Å². The molecule has 156 valence electrons. The molecule has 1 heterocycles. The third-order valence-corrected chi connectivity index (χ3v) is 5.08. The third-order valence-electron chi connectivity index (χ3n) is 5.08. The van der Waals surface area contributed by atoms with Gasteiger partial charge in [0.25, 0.3) is 5.89 Å². The van der Waals surface area contributed by atoms with Gasteiger partial charge in [-0.25, -0.2) is 4.39 Å². The van der Waals surface area contributed by atoms with E-state index < -0.39 is 5.82 Å². The summed E-state index contributed by atoms with van der Waals surface area (Å²) in [6.45, 7) is 6.14. The van der Waals surface area contributed by atoms with Crippen LogP contribution >= 0.6 is 0 Å². The summed E-state index contributed by atoms with van der Waals surface area (Å²) in [4.78, 5) is 4.44. The van der Waals surface area contributed by atoms with Crippen molar-refractivity contribution < 1.29 is 13.7 Å². The van der Waals surface area contributed by atoms with Crippen LogP contribution in [-0.4, -0.2) is 17.3 Å². The van der Waals surface area contributed by atoms with Gasteiger partial charge < -0.3 is 15.0 Å². The van der Waals surface area contributed by atoms with E-state index in [1.54, 1.807) is 19.2 Å². The van der Waals surface area contributed by atoms with Gasteiger partial charge >= 0.3 is 0 Å². The minimum atomic E-state index is -0.480. The van der Waals surface area contributed by atoms with Crippen LogP contribution < -0.4 is 5.73 Å². The Kier molecular flexibility index (Phi) is 5.64. The van der Waals surface area contributed by atoms with E-state index in [2.05, 4.69) is 28.9 Å². The second-order valence-electron chi connectivity index (χ2n) is 7.26. The number of aromatic nitrogens is 2. The Balaban J connectivity index is 1.65. The van der Waals surface area contributed by atoms with E-state index >= 15 is 0 Å². The Morgan fingerprint density at radius 1 is 1.06 bits per heavy atom. The topological polar surface area (TPSA) is 74.2 Å². The van der Waals surface area contributed by atoms with Crippen LogP contribution in [0.4, 0.5) is 4.39 Å². The molecule has 0 bridgehead atoms. The van der Waals surface area contributed by atoms with Crippen molar-refractivity contribution >= 4 is 5.70 Å². The molecule has 2 N–H and O–H groups in total. The van der Waals surface area contributed by atoms with Gasteiger partial charge in [0, 0.05) is 29.5 Å². The number of benzene rings is 3. The predicted molar refractivity (Wildman–Crippen MR) is 119 cm³/mol. The molecule has 0 saturated heterocycles. The van der Waals surface area contributed by atoms with Crippen molar-refractivity contribution in [2.24, 2.45) is 5.73 Å². The maximum Gasteiger partial charge on any atom is 0.258 e. The molecular formula is C25H22FN3O2. The Morgan fingerprint density at radius 2 is 1.84 bits per heavy atom. The molecule has 0 unspecified atom stereocenters. The number of nitrogens with two attached hydrogens (primary N) is 1. The number of hydrogen-bond donors (Lipinski definition) is 1. The highest BCUT2D eigenvalue weighted by molar-refractivity contribution is 5.74. The number of hydrogen-bond acceptors (Lipinski definition) is 5. The number of nitrogens with zero attached hydrogens (tertiary/aromatic N) is 2. The summed E-state index contributed by atoms with van der Waals surface area (Å²) in [5.74, 6) is 0.184. The molecular weight excluding hydrogens is 393 g/mol. The lowest BCUT2D eigenvalue weighted by atomic mass is 9.95. The van der Waals surface area contributed by atoms with E-state index in [9.17, 15) is 4.39 Å². The summed E-state index contributed by atoms with van der Waals surface area (Å²) in [7, 11) is 1.69. The molecule has 0 aliphatic rings. The highest BCUT2D eigenvalue weighted by Gasteiger charge is 2.15. The summed E-state index contributed by atoms with van der Waals surface area (Å²) < 4.78 is 25.0. The maximum atomic E-state index is 14.2. The summed E-state index contributed by atoms with van der Waals surface area (Å²) in [5, 5.41) is 4.00. The fourth-order valence-corrected chi connectivity index (χ4v) is 3.54. The SMILES string of the molecule is C=C(N)c1ccc(-c2noc(-c3ccc(-c4ccccc4COC)c(C)c3)n2)cc1F. The van der Waals surface area contributed by atoms with Crippen molar-refractivity contribution in [1.82, 2.24) is 10.1 Å². The van der Waals surface area contributed by atoms with Gasteiger partial charge in [0.15, 0.2) is 0 Å². The van der Waals surface area contributed by atoms with Crippen molar-refractivity contribution in [2.75, 3.05) is 7.11 Å². The first-order valence-electron chi connectivity index (χ1n) is 9.74. The van der Waals surface area contributed by atoms with Crippen LogP contribution in [0.15, 0.2) is 71.8 Å². The fourth-order valence-electron chi connectivity index (χ4n) is 3.54. The van der Waals surface area contributed by atoms with Gasteiger partial charge in [0.2, 0.25) is 5.82 Å². The molecule has 0 spiro atoms. The monoisotopic (exact) mass is 415 g/mol. The zero-order valence-electron chi connectivity index (χ0n) is 17.4. The zero-order valence-corrected chi connectivity index (χ0v) is 17.4. The van der Waals surface area contributed by atoms with Crippen LogP contribution in [0, 0.1) is 12.7 Å². The predicted octanol–water partition coefficient (Wildman–Crippen LogP) is 5.59. The molecule has 5 nitrogen and oxygen atoms in total. The molecule has 0 atom stereocenters. The molecule has 0 radical (unpaired) electrons. The number of rotatable bonds is 6. The van der Waals surface area contributed by atoms with Crippen LogP contribution in [0.2, 0.25) is 0 Å². The van der Waals surface area contributed by atoms with Gasteiger partial charge in [-0.2, -0.15) is 4.98 Å². The van der Waals surface area contributed by atoms with Crippen molar-refractivity contribution in [3.63, 3.8) is 0 Å². The van der Waals surface area contributed by atoms with Crippen molar-refractivity contribution in [2.45, 2.75) is 13.5 Å². The van der Waals surface area contributed by atoms with Crippen LogP contribution in [-0.2, 0) is 11.3 Å². The zero-order chi connectivity index (χ0) is 22.0. The van der Waals surface area contributed by atoms with Crippen molar-refractivity contribution in [3.05, 3.63) is 89.8 Å². The largest absolute Gasteiger partial charge is 0.399 e. The van der Waals surface area contributed by atoms with Gasteiger partial charge in [-0.15, -0.1) is 0 Å². The molecule has 31 heavy (non-hydrogen) atoms. The molecule has 0 fully saturated rings. The Hall–Kier alpha value is -3.77. The van der Waals surface area contributed by atoms with E-state index in [-0.39, 0.29) is 11.3 Å². The summed E-state index contributed by atoms with van der Waals surface area (Å²) in [6, 6.07) is 18.7. The van der Waals surface area contributed by atoms with E-state index in [4.69, 9.17) is 15.0 Å². The highest BCUT2D eigenvalue weighted by atomic mass is 19.1. The first-order chi connectivity index (χ1) is 15.0. The van der Waals surface area contributed by atoms with E-state index in [0.29, 0.717) is 23.9 Å². The van der Waals surface area contributed by atoms with Gasteiger partial charge in [-0.3, -0.25) is 0 Å². The lowest BCUT2D eigenvalue weighted by Crippen LogP contribution is -1.97. The second-order valence-corrected chi connectivity index (χ2v) is 7.26. The molecule has 0 amide bonds. The number of aryl methyl sites for hydroxylation is 1. The highest BCUT2D eigenvalue weighted by Crippen LogP contribution is 2.31. The normalized spacial score (nSPS) is 10.9. The molecule has 1 aromatic heterocycles. The van der Waals surface area contributed by atoms with Crippen molar-refractivity contribution in [3.8, 4) is 34.0 Å². The lowest BCUT2D eigenvalue weighted by Gasteiger charge is -2.12. The van der Waals surface area contributed by atoms with Gasteiger partial charge in [-0.05, 0) is 53.4 Å². The quantitative estimate of drug-likeness (QED) is 0.444. The molecule has 3 aromatic carbocycles. The number of methoxy groups -OCH3 is 1. The first-order valence-corrected chi connectivity index (χ1v) is 9.74. The standard InChI is InChI=1S/C25H22FN3O2/c1-15-12-18(9-10-20(15)22-7-5-4-6-19(22)14-30-3)25-28-24(29-31-25)17-8-11-21(16(2)27)23(26)13-17/h4-13H,2,14,27H2,1,3H3. The van der Waals surface area contributed by atoms with Gasteiger partial charge in [-0.1, -0.05) is 48.1 Å². The summed E-state index contributed by atoms with van der Waals surface area (Å²) in [6.07, 6.45) is 0. The number of halogens is 1. The summed E-state index contributed by atoms with van der Waals surface area (Å²) in [5.41, 5.74) is 11.7. The average Bonchev–Trinajstić information content (AvgIpc) is 3.24. The minimum absolute atomic E-state index is 0.167. The molecule has 0 aliphatic heterocycles. The molecule has 6 heteroatoms. The van der Waals surface area contributed by atoms with E-state index in [1.807, 2.05) is 37.3 Å². The van der Waals surface area contributed by atoms with E-state index in [0.717, 1.165) is 27.8 Å². The van der Waals surface area contributed by atoms with Crippen LogP contribution in [0.25, 0.3) is 39.7 Å². The average molecular weight is 415 g/mol. The van der Waals surface area contributed by atoms with Crippen molar-refractivity contribution in [1.29, 1.82) is 0 Å². The summed E-state index contributed by atoms with van der Waals surface area (Å²) >= 11 is 0. The van der Waals surface area contributed by atoms with Crippen LogP contribution in [0.3, 0.4) is 0 Å². The molecule has 4 aromatic rings. The second kappa shape index (κ2) is 8.53. The van der Waals surface area contributed by atoms with Gasteiger partial charge in [0.05, 0.1) is 6.61 Å². The minimum Gasteiger partial charge on any atom is -0.399 e. The van der Waals surface area contributed by atoms with Gasteiger partial charge in [0.1, 0.15) is 5.82 Å².